The minimum Gasteiger partial charge on any atom is -0.390 e. The van der Waals surface area contributed by atoms with Crippen LogP contribution in [-0.2, 0) is 0 Å². The molecule has 0 spiro atoms. The van der Waals surface area contributed by atoms with Gasteiger partial charge in [-0.15, -0.1) is 0 Å². The largest absolute Gasteiger partial charge is 0.390 e. The average Bonchev–Trinajstić information content (AvgIpc) is 2.74. The number of aryl methyl sites for hydroxylation is 2. The zero-order valence-corrected chi connectivity index (χ0v) is 9.31. The molecule has 0 saturated heterocycles. The number of hydrogen-bond acceptors (Lipinski definition) is 7. The van der Waals surface area contributed by atoms with Gasteiger partial charge in [-0.25, -0.2) is 0 Å². The zero-order valence-electron chi connectivity index (χ0n) is 9.31. The maximum atomic E-state index is 5.32. The summed E-state index contributed by atoms with van der Waals surface area (Å²) in [5, 5.41) is 14.2. The monoisotopic (exact) mass is 223 g/mol. The molecule has 16 heavy (non-hydrogen) atoms. The van der Waals surface area contributed by atoms with E-state index < -0.39 is 0 Å². The van der Waals surface area contributed by atoms with Crippen molar-refractivity contribution in [3.63, 3.8) is 0 Å². The van der Waals surface area contributed by atoms with E-state index >= 15 is 0 Å². The molecule has 0 aliphatic carbocycles. The third-order valence-electron chi connectivity index (χ3n) is 2.30. The van der Waals surface area contributed by atoms with Crippen LogP contribution < -0.4 is 11.1 Å². The van der Waals surface area contributed by atoms with E-state index in [2.05, 4.69) is 20.7 Å². The minimum absolute atomic E-state index is 0.0356. The predicted octanol–water partition coefficient (Wildman–Crippen LogP) is 1.43. The average molecular weight is 223 g/mol. The molecule has 2 aromatic rings. The van der Waals surface area contributed by atoms with Crippen molar-refractivity contribution in [1.82, 2.24) is 15.4 Å². The van der Waals surface area contributed by atoms with Gasteiger partial charge in [0.25, 0.3) is 0 Å². The van der Waals surface area contributed by atoms with Gasteiger partial charge in [-0.05, 0) is 20.8 Å². The fourth-order valence-corrected chi connectivity index (χ4v) is 1.66. The van der Waals surface area contributed by atoms with E-state index in [1.807, 2.05) is 20.8 Å². The summed E-state index contributed by atoms with van der Waals surface area (Å²) in [5.41, 5.74) is 7.14. The molecule has 3 N–H and O–H groups in total. The van der Waals surface area contributed by atoms with Gasteiger partial charge in [-0.1, -0.05) is 15.4 Å². The standard InChI is InChI=1S/C9H13N5O2/c1-4(7-5(2)14-16-6(7)3)11-9-13-12-8(10)15-9/h4H,1-3H3,(H2,10,12)(H,11,13). The first kappa shape index (κ1) is 10.5. The summed E-state index contributed by atoms with van der Waals surface area (Å²) >= 11 is 0. The van der Waals surface area contributed by atoms with Crippen molar-refractivity contribution in [2.75, 3.05) is 11.1 Å². The second-order valence-corrected chi connectivity index (χ2v) is 3.55. The fraction of sp³-hybridized carbons (Fsp3) is 0.444. The Morgan fingerprint density at radius 1 is 1.31 bits per heavy atom. The molecule has 86 valence electrons. The van der Waals surface area contributed by atoms with Gasteiger partial charge in [-0.3, -0.25) is 0 Å². The molecule has 0 aliphatic heterocycles. The maximum absolute atomic E-state index is 5.32. The normalized spacial score (nSPS) is 12.7. The Balaban J connectivity index is 2.17. The van der Waals surface area contributed by atoms with Crippen LogP contribution in [0, 0.1) is 13.8 Å². The number of nitrogens with one attached hydrogen (secondary N) is 1. The molecule has 0 saturated carbocycles. The molecule has 2 rings (SSSR count). The molecule has 7 nitrogen and oxygen atoms in total. The third-order valence-corrected chi connectivity index (χ3v) is 2.30. The van der Waals surface area contributed by atoms with E-state index in [1.165, 1.54) is 0 Å². The SMILES string of the molecule is Cc1noc(C)c1C(C)Nc1nnc(N)o1. The van der Waals surface area contributed by atoms with Crippen LogP contribution in [0.15, 0.2) is 8.94 Å². The number of nitrogen functional groups attached to an aromatic ring is 1. The van der Waals surface area contributed by atoms with E-state index in [0.29, 0.717) is 0 Å². The van der Waals surface area contributed by atoms with Gasteiger partial charge in [0.05, 0.1) is 11.7 Å². The first-order valence-electron chi connectivity index (χ1n) is 4.86. The number of hydrogen-bond donors (Lipinski definition) is 2. The van der Waals surface area contributed by atoms with Gasteiger partial charge in [0.2, 0.25) is 0 Å². The highest BCUT2D eigenvalue weighted by atomic mass is 16.5. The van der Waals surface area contributed by atoms with E-state index in [1.54, 1.807) is 0 Å². The second-order valence-electron chi connectivity index (χ2n) is 3.55. The molecule has 2 aromatic heterocycles. The zero-order chi connectivity index (χ0) is 11.7. The molecule has 7 heteroatoms. The summed E-state index contributed by atoms with van der Waals surface area (Å²) in [5.74, 6) is 0.769. The third kappa shape index (κ3) is 1.83. The Kier molecular flexibility index (Phi) is 2.51. The summed E-state index contributed by atoms with van der Waals surface area (Å²) in [6, 6.07) is 0.282. The van der Waals surface area contributed by atoms with E-state index in [-0.39, 0.29) is 18.1 Å². The van der Waals surface area contributed by atoms with Gasteiger partial charge >= 0.3 is 12.0 Å². The van der Waals surface area contributed by atoms with Crippen LogP contribution in [-0.4, -0.2) is 15.4 Å². The smallest absolute Gasteiger partial charge is 0.317 e. The molecule has 0 fully saturated rings. The summed E-state index contributed by atoms with van der Waals surface area (Å²) < 4.78 is 10.1. The lowest BCUT2D eigenvalue weighted by Gasteiger charge is -2.10. The van der Waals surface area contributed by atoms with Crippen LogP contribution >= 0.6 is 0 Å². The molecule has 2 heterocycles. The molecule has 1 unspecified atom stereocenters. The van der Waals surface area contributed by atoms with Crippen LogP contribution in [0.2, 0.25) is 0 Å². The lowest BCUT2D eigenvalue weighted by atomic mass is 10.1. The lowest BCUT2D eigenvalue weighted by molar-refractivity contribution is 0.392. The number of rotatable bonds is 3. The molecule has 0 bridgehead atoms. The number of anilines is 2. The Bertz CT molecular complexity index is 470. The van der Waals surface area contributed by atoms with Gasteiger partial charge in [0.15, 0.2) is 0 Å². The Labute approximate surface area is 92.0 Å². The topological polar surface area (TPSA) is 103 Å². The molecule has 0 amide bonds. The molecular weight excluding hydrogens is 210 g/mol. The lowest BCUT2D eigenvalue weighted by Crippen LogP contribution is -2.08. The van der Waals surface area contributed by atoms with Crippen molar-refractivity contribution in [2.45, 2.75) is 26.8 Å². The van der Waals surface area contributed by atoms with Crippen LogP contribution in [0.25, 0.3) is 0 Å². The highest BCUT2D eigenvalue weighted by molar-refractivity contribution is 5.33. The first-order chi connectivity index (χ1) is 7.58. The van der Waals surface area contributed by atoms with E-state index in [0.717, 1.165) is 17.0 Å². The van der Waals surface area contributed by atoms with Crippen molar-refractivity contribution < 1.29 is 8.94 Å². The maximum Gasteiger partial charge on any atom is 0.317 e. The minimum atomic E-state index is -0.0360. The molecular formula is C9H13N5O2. The number of nitrogens with zero attached hydrogens (tertiary/aromatic N) is 3. The summed E-state index contributed by atoms with van der Waals surface area (Å²) in [4.78, 5) is 0. The van der Waals surface area contributed by atoms with Gasteiger partial charge in [0, 0.05) is 5.56 Å². The predicted molar refractivity (Wildman–Crippen MR) is 56.7 cm³/mol. The second kappa shape index (κ2) is 3.84. The van der Waals surface area contributed by atoms with Crippen molar-refractivity contribution in [1.29, 1.82) is 0 Å². The van der Waals surface area contributed by atoms with E-state index in [9.17, 15) is 0 Å². The van der Waals surface area contributed by atoms with Crippen LogP contribution in [0.3, 0.4) is 0 Å². The summed E-state index contributed by atoms with van der Waals surface area (Å²) in [6.07, 6.45) is 0. The van der Waals surface area contributed by atoms with Crippen molar-refractivity contribution in [3.8, 4) is 0 Å². The molecule has 0 aliphatic rings. The van der Waals surface area contributed by atoms with Gasteiger partial charge in [0.1, 0.15) is 5.76 Å². The van der Waals surface area contributed by atoms with Crippen molar-refractivity contribution in [2.24, 2.45) is 0 Å². The van der Waals surface area contributed by atoms with Gasteiger partial charge < -0.3 is 20.0 Å². The Morgan fingerprint density at radius 2 is 2.06 bits per heavy atom. The van der Waals surface area contributed by atoms with E-state index in [4.69, 9.17) is 14.7 Å². The number of nitrogens with two attached hydrogens (primary N) is 1. The molecule has 0 radical (unpaired) electrons. The fourth-order valence-electron chi connectivity index (χ4n) is 1.66. The van der Waals surface area contributed by atoms with Crippen LogP contribution in [0.1, 0.15) is 30.0 Å². The molecule has 1 atom stereocenters. The van der Waals surface area contributed by atoms with Crippen molar-refractivity contribution in [3.05, 3.63) is 17.0 Å². The Morgan fingerprint density at radius 3 is 2.56 bits per heavy atom. The van der Waals surface area contributed by atoms with Gasteiger partial charge in [-0.2, -0.15) is 0 Å². The highest BCUT2D eigenvalue weighted by Crippen LogP contribution is 2.24. The highest BCUT2D eigenvalue weighted by Gasteiger charge is 2.17. The van der Waals surface area contributed by atoms with Crippen LogP contribution in [0.4, 0.5) is 12.0 Å². The van der Waals surface area contributed by atoms with Crippen molar-refractivity contribution >= 4 is 12.0 Å². The first-order valence-corrected chi connectivity index (χ1v) is 4.86. The summed E-state index contributed by atoms with van der Waals surface area (Å²) in [7, 11) is 0. The van der Waals surface area contributed by atoms with Crippen LogP contribution in [0.5, 0.6) is 0 Å². The molecule has 0 aromatic carbocycles. The summed E-state index contributed by atoms with van der Waals surface area (Å²) in [6.45, 7) is 5.69. The quantitative estimate of drug-likeness (QED) is 0.811. The number of aromatic nitrogens is 3. The Hall–Kier alpha value is -2.05.